The van der Waals surface area contributed by atoms with Crippen molar-refractivity contribution in [1.29, 1.82) is 0 Å². The van der Waals surface area contributed by atoms with Crippen LogP contribution in [0, 0.1) is 0 Å². The van der Waals surface area contributed by atoms with Gasteiger partial charge in [-0.1, -0.05) is 30.7 Å². The lowest BCUT2D eigenvalue weighted by Gasteiger charge is -2.36. The number of hydrogen-bond acceptors (Lipinski definition) is 5. The molecule has 2 aliphatic heterocycles. The Bertz CT molecular complexity index is 1050. The lowest BCUT2D eigenvalue weighted by molar-refractivity contribution is -0.123. The minimum atomic E-state index is -0.154. The van der Waals surface area contributed by atoms with Crippen LogP contribution >= 0.6 is 11.3 Å². The molecule has 0 radical (unpaired) electrons. The SMILES string of the molecule is O=C1CN(C(=O)CN2CCCC[C@@H]2c2nc3ccccc3s2)c2ccccc2N1. The molecule has 0 spiro atoms. The van der Waals surface area contributed by atoms with Gasteiger partial charge in [0.15, 0.2) is 0 Å². The first-order valence-electron chi connectivity index (χ1n) is 9.98. The summed E-state index contributed by atoms with van der Waals surface area (Å²) in [5, 5.41) is 3.92. The number of nitrogens with one attached hydrogen (secondary N) is 1. The smallest absolute Gasteiger partial charge is 0.244 e. The number of amides is 2. The van der Waals surface area contributed by atoms with Gasteiger partial charge in [0.2, 0.25) is 11.8 Å². The zero-order valence-corrected chi connectivity index (χ0v) is 16.8. The van der Waals surface area contributed by atoms with Crippen LogP contribution in [0.2, 0.25) is 0 Å². The van der Waals surface area contributed by atoms with Crippen LogP contribution in [0.3, 0.4) is 0 Å². The highest BCUT2D eigenvalue weighted by atomic mass is 32.1. The third-order valence-corrected chi connectivity index (χ3v) is 6.76. The van der Waals surface area contributed by atoms with E-state index in [4.69, 9.17) is 4.98 Å². The summed E-state index contributed by atoms with van der Waals surface area (Å²) in [4.78, 5) is 34.0. The molecule has 2 amide bonds. The molecule has 1 atom stereocenters. The van der Waals surface area contributed by atoms with Gasteiger partial charge < -0.3 is 5.32 Å². The normalized spacial score (nSPS) is 19.8. The number of hydrogen-bond donors (Lipinski definition) is 1. The fourth-order valence-electron chi connectivity index (χ4n) is 4.21. The molecule has 1 N–H and O–H groups in total. The zero-order valence-electron chi connectivity index (χ0n) is 16.0. The second-order valence-corrected chi connectivity index (χ2v) is 8.61. The lowest BCUT2D eigenvalue weighted by Crippen LogP contribution is -2.48. The summed E-state index contributed by atoms with van der Waals surface area (Å²) in [5.41, 5.74) is 2.48. The van der Waals surface area contributed by atoms with E-state index < -0.39 is 0 Å². The van der Waals surface area contributed by atoms with Crippen LogP contribution in [0.4, 0.5) is 11.4 Å². The van der Waals surface area contributed by atoms with E-state index in [2.05, 4.69) is 16.3 Å². The minimum absolute atomic E-state index is 0.0414. The van der Waals surface area contributed by atoms with E-state index in [-0.39, 0.29) is 24.4 Å². The zero-order chi connectivity index (χ0) is 19.8. The fraction of sp³-hybridized carbons (Fsp3) is 0.318. The maximum atomic E-state index is 13.2. The number of thiazole rings is 1. The summed E-state index contributed by atoms with van der Waals surface area (Å²) in [6.07, 6.45) is 3.22. The van der Waals surface area contributed by atoms with Crippen molar-refractivity contribution in [2.75, 3.05) is 29.9 Å². The summed E-state index contributed by atoms with van der Waals surface area (Å²) < 4.78 is 1.18. The number of carbonyl (C=O) groups excluding carboxylic acids is 2. The highest BCUT2D eigenvalue weighted by molar-refractivity contribution is 7.18. The van der Waals surface area contributed by atoms with Crippen LogP contribution in [0.15, 0.2) is 48.5 Å². The molecular weight excluding hydrogens is 384 g/mol. The monoisotopic (exact) mass is 406 g/mol. The highest BCUT2D eigenvalue weighted by Gasteiger charge is 2.32. The Morgan fingerprint density at radius 2 is 1.97 bits per heavy atom. The van der Waals surface area contributed by atoms with Crippen LogP contribution in [0.1, 0.15) is 30.3 Å². The number of anilines is 2. The average Bonchev–Trinajstić information content (AvgIpc) is 3.17. The molecule has 1 saturated heterocycles. The van der Waals surface area contributed by atoms with Crippen molar-refractivity contribution in [2.24, 2.45) is 0 Å². The molecule has 0 aliphatic carbocycles. The Balaban J connectivity index is 1.39. The minimum Gasteiger partial charge on any atom is -0.323 e. The Morgan fingerprint density at radius 1 is 1.14 bits per heavy atom. The van der Waals surface area contributed by atoms with E-state index in [1.165, 1.54) is 4.70 Å². The third-order valence-electron chi connectivity index (χ3n) is 5.62. The molecule has 2 aliphatic rings. The molecule has 2 aromatic carbocycles. The van der Waals surface area contributed by atoms with Crippen LogP contribution in [-0.4, -0.2) is 41.3 Å². The molecule has 5 rings (SSSR count). The second kappa shape index (κ2) is 7.57. The molecule has 7 heteroatoms. The van der Waals surface area contributed by atoms with Gasteiger partial charge in [-0.05, 0) is 43.7 Å². The van der Waals surface area contributed by atoms with E-state index in [1.54, 1.807) is 16.2 Å². The quantitative estimate of drug-likeness (QED) is 0.718. The third kappa shape index (κ3) is 3.52. The molecule has 1 aromatic heterocycles. The highest BCUT2D eigenvalue weighted by Crippen LogP contribution is 2.36. The van der Waals surface area contributed by atoms with Crippen molar-refractivity contribution in [3.8, 4) is 0 Å². The number of fused-ring (bicyclic) bond motifs is 2. The standard InChI is InChI=1S/C22H22N4O2S/c27-20-13-26(17-9-3-1-7-15(17)23-20)21(28)14-25-12-6-5-10-18(25)22-24-16-8-2-4-11-19(16)29-22/h1-4,7-9,11,18H,5-6,10,12-14H2,(H,23,27)/t18-/m1/s1. The largest absolute Gasteiger partial charge is 0.323 e. The van der Waals surface area contributed by atoms with Crippen molar-refractivity contribution in [2.45, 2.75) is 25.3 Å². The van der Waals surface area contributed by atoms with Crippen LogP contribution in [0.25, 0.3) is 10.2 Å². The van der Waals surface area contributed by atoms with Gasteiger partial charge in [-0.25, -0.2) is 4.98 Å². The number of carbonyl (C=O) groups is 2. The summed E-state index contributed by atoms with van der Waals surface area (Å²) in [7, 11) is 0. The molecule has 148 valence electrons. The molecule has 0 saturated carbocycles. The molecule has 0 unspecified atom stereocenters. The van der Waals surface area contributed by atoms with Gasteiger partial charge in [-0.3, -0.25) is 19.4 Å². The van der Waals surface area contributed by atoms with E-state index in [0.717, 1.165) is 42.0 Å². The number of rotatable bonds is 3. The molecular formula is C22H22N4O2S. The van der Waals surface area contributed by atoms with Gasteiger partial charge in [0.05, 0.1) is 34.2 Å². The fourth-order valence-corrected chi connectivity index (χ4v) is 5.34. The maximum absolute atomic E-state index is 13.2. The van der Waals surface area contributed by atoms with Gasteiger partial charge in [-0.15, -0.1) is 11.3 Å². The number of para-hydroxylation sites is 3. The molecule has 1 fully saturated rings. The Kier molecular flexibility index (Phi) is 4.77. The molecule has 3 aromatic rings. The predicted octanol–water partition coefficient (Wildman–Crippen LogP) is 3.81. The second-order valence-electron chi connectivity index (χ2n) is 7.55. The Labute approximate surface area is 173 Å². The van der Waals surface area contributed by atoms with Gasteiger partial charge in [0.25, 0.3) is 0 Å². The lowest BCUT2D eigenvalue weighted by atomic mass is 10.0. The van der Waals surface area contributed by atoms with Crippen molar-refractivity contribution in [3.05, 3.63) is 53.5 Å². The van der Waals surface area contributed by atoms with Crippen LogP contribution in [0.5, 0.6) is 0 Å². The van der Waals surface area contributed by atoms with E-state index in [9.17, 15) is 9.59 Å². The van der Waals surface area contributed by atoms with Gasteiger partial charge in [0.1, 0.15) is 11.6 Å². The Morgan fingerprint density at radius 3 is 2.86 bits per heavy atom. The van der Waals surface area contributed by atoms with Gasteiger partial charge in [0, 0.05) is 0 Å². The van der Waals surface area contributed by atoms with Gasteiger partial charge in [-0.2, -0.15) is 0 Å². The number of aromatic nitrogens is 1. The van der Waals surface area contributed by atoms with Crippen molar-refractivity contribution >= 4 is 44.7 Å². The number of nitrogens with zero attached hydrogens (tertiary/aromatic N) is 3. The maximum Gasteiger partial charge on any atom is 0.244 e. The summed E-state index contributed by atoms with van der Waals surface area (Å²) >= 11 is 1.72. The van der Waals surface area contributed by atoms with Crippen LogP contribution in [-0.2, 0) is 9.59 Å². The number of piperidine rings is 1. The van der Waals surface area contributed by atoms with E-state index in [0.29, 0.717) is 12.2 Å². The molecule has 3 heterocycles. The first kappa shape index (κ1) is 18.3. The van der Waals surface area contributed by atoms with E-state index in [1.807, 2.05) is 42.5 Å². The first-order chi connectivity index (χ1) is 14.2. The van der Waals surface area contributed by atoms with Gasteiger partial charge >= 0.3 is 0 Å². The molecule has 6 nitrogen and oxygen atoms in total. The Hall–Kier alpha value is -2.77. The van der Waals surface area contributed by atoms with E-state index >= 15 is 0 Å². The first-order valence-corrected chi connectivity index (χ1v) is 10.8. The predicted molar refractivity (Wildman–Crippen MR) is 115 cm³/mol. The summed E-state index contributed by atoms with van der Waals surface area (Å²) in [6, 6.07) is 15.8. The van der Waals surface area contributed by atoms with Crippen LogP contribution < -0.4 is 10.2 Å². The summed E-state index contributed by atoms with van der Waals surface area (Å²) in [5.74, 6) is -0.196. The molecule has 0 bridgehead atoms. The van der Waals surface area contributed by atoms with Crippen molar-refractivity contribution < 1.29 is 9.59 Å². The number of likely N-dealkylation sites (tertiary alicyclic amines) is 1. The molecule has 29 heavy (non-hydrogen) atoms. The number of benzene rings is 2. The van der Waals surface area contributed by atoms with Crippen molar-refractivity contribution in [1.82, 2.24) is 9.88 Å². The van der Waals surface area contributed by atoms with Crippen molar-refractivity contribution in [3.63, 3.8) is 0 Å². The average molecular weight is 407 g/mol. The topological polar surface area (TPSA) is 65.5 Å². The summed E-state index contributed by atoms with van der Waals surface area (Å²) in [6.45, 7) is 1.23.